The lowest BCUT2D eigenvalue weighted by Crippen LogP contribution is -2.04. The molecule has 15 heavy (non-hydrogen) atoms. The first-order chi connectivity index (χ1) is 7.31. The van der Waals surface area contributed by atoms with Gasteiger partial charge in [0.25, 0.3) is 0 Å². The molecule has 0 saturated carbocycles. The van der Waals surface area contributed by atoms with Crippen LogP contribution in [0.4, 0.5) is 0 Å². The minimum Gasteiger partial charge on any atom is -0.461 e. The molecule has 0 radical (unpaired) electrons. The van der Waals surface area contributed by atoms with Crippen LogP contribution in [0, 0.1) is 0 Å². The van der Waals surface area contributed by atoms with E-state index in [0.717, 1.165) is 6.42 Å². The number of unbranched alkanes of at least 4 members (excludes halogenated alkanes) is 4. The first-order valence-electron chi connectivity index (χ1n) is 5.55. The third kappa shape index (κ3) is 10.8. The van der Waals surface area contributed by atoms with E-state index in [1.807, 2.05) is 12.2 Å². The summed E-state index contributed by atoms with van der Waals surface area (Å²) >= 11 is 0. The number of rotatable bonds is 9. The minimum absolute atomic E-state index is 0.148. The van der Waals surface area contributed by atoms with Crippen molar-refractivity contribution in [2.75, 3.05) is 6.61 Å². The van der Waals surface area contributed by atoms with Gasteiger partial charge in [-0.3, -0.25) is 4.79 Å². The first-order valence-corrected chi connectivity index (χ1v) is 5.55. The fraction of sp³-hybridized carbons (Fsp3) is 0.667. The van der Waals surface area contributed by atoms with Gasteiger partial charge in [0.1, 0.15) is 19.3 Å². The second-order valence-corrected chi connectivity index (χ2v) is 3.37. The summed E-state index contributed by atoms with van der Waals surface area (Å²) in [6.07, 6.45) is 10.2. The van der Waals surface area contributed by atoms with Gasteiger partial charge in [0.2, 0.25) is 0 Å². The predicted octanol–water partition coefficient (Wildman–Crippen LogP) is 2.65. The Kier molecular flexibility index (Phi) is 10.1. The van der Waals surface area contributed by atoms with E-state index >= 15 is 0 Å². The Bertz CT molecular complexity index is 197. The molecule has 3 nitrogen and oxygen atoms in total. The van der Waals surface area contributed by atoms with Crippen molar-refractivity contribution >= 4 is 12.3 Å². The second-order valence-electron chi connectivity index (χ2n) is 3.37. The molecule has 0 aliphatic rings. The Morgan fingerprint density at radius 2 is 2.00 bits per heavy atom. The smallest absolute Gasteiger partial charge is 0.313 e. The maximum absolute atomic E-state index is 10.7. The molecule has 0 fully saturated rings. The van der Waals surface area contributed by atoms with Crippen molar-refractivity contribution in [3.05, 3.63) is 12.2 Å². The number of esters is 1. The molecule has 86 valence electrons. The number of ether oxygens (including phenoxy) is 1. The van der Waals surface area contributed by atoms with Crippen molar-refractivity contribution < 1.29 is 14.3 Å². The van der Waals surface area contributed by atoms with Gasteiger partial charge >= 0.3 is 5.97 Å². The summed E-state index contributed by atoms with van der Waals surface area (Å²) in [5.74, 6) is -0.458. The highest BCUT2D eigenvalue weighted by atomic mass is 16.5. The molecule has 0 spiro atoms. The zero-order valence-corrected chi connectivity index (χ0v) is 9.41. The molecule has 0 heterocycles. The van der Waals surface area contributed by atoms with Gasteiger partial charge < -0.3 is 9.53 Å². The van der Waals surface area contributed by atoms with Crippen LogP contribution in [-0.2, 0) is 14.3 Å². The molecule has 0 atom stereocenters. The summed E-state index contributed by atoms with van der Waals surface area (Å²) < 4.78 is 4.75. The molecule has 0 unspecified atom stereocenters. The summed E-state index contributed by atoms with van der Waals surface area (Å²) in [6, 6.07) is 0. The third-order valence-corrected chi connectivity index (χ3v) is 1.98. The Labute approximate surface area is 91.5 Å². The number of aldehydes is 1. The lowest BCUT2D eigenvalue weighted by atomic mass is 10.1. The van der Waals surface area contributed by atoms with E-state index in [2.05, 4.69) is 6.92 Å². The molecule has 0 rings (SSSR count). The molecule has 0 aliphatic carbocycles. The Balaban J connectivity index is 3.23. The lowest BCUT2D eigenvalue weighted by Gasteiger charge is -1.97. The number of carbonyl (C=O) groups is 2. The van der Waals surface area contributed by atoms with Gasteiger partial charge in [-0.05, 0) is 12.8 Å². The van der Waals surface area contributed by atoms with Crippen LogP contribution in [-0.4, -0.2) is 18.9 Å². The van der Waals surface area contributed by atoms with E-state index in [-0.39, 0.29) is 13.0 Å². The normalized spacial score (nSPS) is 10.5. The molecule has 0 aromatic carbocycles. The van der Waals surface area contributed by atoms with Crippen molar-refractivity contribution in [2.45, 2.75) is 45.4 Å². The van der Waals surface area contributed by atoms with E-state index in [1.54, 1.807) is 0 Å². The van der Waals surface area contributed by atoms with Gasteiger partial charge in [0, 0.05) is 0 Å². The van der Waals surface area contributed by atoms with Crippen molar-refractivity contribution in [3.8, 4) is 0 Å². The molecule has 3 heteroatoms. The van der Waals surface area contributed by atoms with Crippen LogP contribution in [0.25, 0.3) is 0 Å². The van der Waals surface area contributed by atoms with E-state index in [0.29, 0.717) is 6.29 Å². The van der Waals surface area contributed by atoms with Crippen LogP contribution in [0.2, 0.25) is 0 Å². The second kappa shape index (κ2) is 11.0. The third-order valence-electron chi connectivity index (χ3n) is 1.98. The molecule has 0 aromatic rings. The molecule has 0 N–H and O–H groups in total. The molecule has 0 amide bonds. The van der Waals surface area contributed by atoms with E-state index in [1.165, 1.54) is 25.7 Å². The highest BCUT2D eigenvalue weighted by Gasteiger charge is 1.97. The van der Waals surface area contributed by atoms with Crippen LogP contribution in [0.15, 0.2) is 12.2 Å². The Hall–Kier alpha value is -1.12. The van der Waals surface area contributed by atoms with Crippen molar-refractivity contribution in [1.29, 1.82) is 0 Å². The largest absolute Gasteiger partial charge is 0.461 e. The van der Waals surface area contributed by atoms with E-state index < -0.39 is 5.97 Å². The SMILES string of the molecule is CCCCCC/C=C\COC(=O)CC=O. The maximum atomic E-state index is 10.7. The Morgan fingerprint density at radius 1 is 1.20 bits per heavy atom. The topological polar surface area (TPSA) is 43.4 Å². The summed E-state index contributed by atoms with van der Waals surface area (Å²) in [6.45, 7) is 2.46. The van der Waals surface area contributed by atoms with Crippen molar-refractivity contribution in [3.63, 3.8) is 0 Å². The fourth-order valence-electron chi connectivity index (χ4n) is 1.14. The quantitative estimate of drug-likeness (QED) is 0.194. The zero-order valence-electron chi connectivity index (χ0n) is 9.41. The van der Waals surface area contributed by atoms with Gasteiger partial charge in [-0.15, -0.1) is 0 Å². The number of carbonyl (C=O) groups excluding carboxylic acids is 2. The van der Waals surface area contributed by atoms with Crippen molar-refractivity contribution in [1.82, 2.24) is 0 Å². The fourth-order valence-corrected chi connectivity index (χ4v) is 1.14. The standard InChI is InChI=1S/C12H20O3/c1-2-3-4-5-6-7-8-11-15-12(14)9-10-13/h7-8,10H,2-6,9,11H2,1H3/b8-7-. The van der Waals surface area contributed by atoms with Crippen LogP contribution >= 0.6 is 0 Å². The molecule has 0 aromatic heterocycles. The number of allylic oxidation sites excluding steroid dienone is 1. The number of hydrogen-bond acceptors (Lipinski definition) is 3. The van der Waals surface area contributed by atoms with Crippen LogP contribution in [0.1, 0.15) is 45.4 Å². The summed E-state index contributed by atoms with van der Waals surface area (Å²) in [7, 11) is 0. The van der Waals surface area contributed by atoms with Gasteiger partial charge in [0.05, 0.1) is 0 Å². The molecule has 0 saturated heterocycles. The van der Waals surface area contributed by atoms with E-state index in [9.17, 15) is 9.59 Å². The lowest BCUT2D eigenvalue weighted by molar-refractivity contribution is -0.143. The zero-order chi connectivity index (χ0) is 11.4. The summed E-state index contributed by atoms with van der Waals surface area (Å²) in [5, 5.41) is 0. The first kappa shape index (κ1) is 13.9. The predicted molar refractivity (Wildman–Crippen MR) is 59.5 cm³/mol. The Morgan fingerprint density at radius 3 is 2.67 bits per heavy atom. The molecular formula is C12H20O3. The van der Waals surface area contributed by atoms with E-state index in [4.69, 9.17) is 4.74 Å². The minimum atomic E-state index is -0.458. The summed E-state index contributed by atoms with van der Waals surface area (Å²) in [5.41, 5.74) is 0. The number of hydrogen-bond donors (Lipinski definition) is 0. The van der Waals surface area contributed by atoms with Crippen LogP contribution < -0.4 is 0 Å². The highest BCUT2D eigenvalue weighted by Crippen LogP contribution is 2.02. The average Bonchev–Trinajstić information content (AvgIpc) is 2.22. The molecular weight excluding hydrogens is 192 g/mol. The average molecular weight is 212 g/mol. The molecule has 0 aliphatic heterocycles. The van der Waals surface area contributed by atoms with Crippen molar-refractivity contribution in [2.24, 2.45) is 0 Å². The van der Waals surface area contributed by atoms with Crippen LogP contribution in [0.5, 0.6) is 0 Å². The molecule has 0 bridgehead atoms. The highest BCUT2D eigenvalue weighted by molar-refractivity contribution is 5.83. The van der Waals surface area contributed by atoms with Gasteiger partial charge in [0.15, 0.2) is 0 Å². The maximum Gasteiger partial charge on any atom is 0.313 e. The monoisotopic (exact) mass is 212 g/mol. The van der Waals surface area contributed by atoms with Crippen LogP contribution in [0.3, 0.4) is 0 Å². The van der Waals surface area contributed by atoms with Gasteiger partial charge in [-0.25, -0.2) is 0 Å². The van der Waals surface area contributed by atoms with Gasteiger partial charge in [-0.2, -0.15) is 0 Å². The van der Waals surface area contributed by atoms with Gasteiger partial charge in [-0.1, -0.05) is 38.3 Å². The summed E-state index contributed by atoms with van der Waals surface area (Å²) in [4.78, 5) is 20.7.